The number of nitrogens with zero attached hydrogens (tertiary/aromatic N) is 3. The highest BCUT2D eigenvalue weighted by Gasteiger charge is 2.08. The lowest BCUT2D eigenvalue weighted by atomic mass is 10.4. The normalized spacial score (nSPS) is 9.76. The van der Waals surface area contributed by atoms with Gasteiger partial charge in [0.05, 0.1) is 11.5 Å². The van der Waals surface area contributed by atoms with Crippen LogP contribution in [0.2, 0.25) is 0 Å². The summed E-state index contributed by atoms with van der Waals surface area (Å²) in [7, 11) is 1.70. The summed E-state index contributed by atoms with van der Waals surface area (Å²) in [5.74, 6) is 0.376. The Kier molecular flexibility index (Phi) is 4.38. The summed E-state index contributed by atoms with van der Waals surface area (Å²) in [5, 5.41) is 13.2. The standard InChI is InChI=1S/C10H14N4O3/c1-3-13(2)10(15)7-12-9-5-4-8(6-11-9)14(16)17/h4-6H,3,7H2,1-2H3,(H,11,12). The molecule has 0 unspecified atom stereocenters. The molecule has 1 aromatic heterocycles. The van der Waals surface area contributed by atoms with Gasteiger partial charge in [0.15, 0.2) is 0 Å². The molecule has 0 bridgehead atoms. The molecular formula is C10H14N4O3. The third-order valence-corrected chi connectivity index (χ3v) is 2.28. The number of hydrogen-bond acceptors (Lipinski definition) is 5. The highest BCUT2D eigenvalue weighted by molar-refractivity contribution is 5.80. The van der Waals surface area contributed by atoms with Crippen molar-refractivity contribution in [2.45, 2.75) is 6.92 Å². The molecule has 0 saturated carbocycles. The van der Waals surface area contributed by atoms with Gasteiger partial charge in [-0.05, 0) is 13.0 Å². The lowest BCUT2D eigenvalue weighted by Gasteiger charge is -2.14. The van der Waals surface area contributed by atoms with Gasteiger partial charge in [0, 0.05) is 19.7 Å². The number of amides is 1. The molecule has 0 aliphatic carbocycles. The molecule has 0 saturated heterocycles. The Morgan fingerprint density at radius 2 is 2.29 bits per heavy atom. The zero-order valence-corrected chi connectivity index (χ0v) is 9.71. The summed E-state index contributed by atoms with van der Waals surface area (Å²) in [6.45, 7) is 2.63. The lowest BCUT2D eigenvalue weighted by molar-refractivity contribution is -0.385. The zero-order valence-electron chi connectivity index (χ0n) is 9.71. The van der Waals surface area contributed by atoms with Crippen molar-refractivity contribution < 1.29 is 9.72 Å². The fourth-order valence-electron chi connectivity index (χ4n) is 1.08. The van der Waals surface area contributed by atoms with E-state index in [2.05, 4.69) is 10.3 Å². The first kappa shape index (κ1) is 12.9. The predicted octanol–water partition coefficient (Wildman–Crippen LogP) is 0.880. The molecule has 0 atom stereocenters. The number of anilines is 1. The number of carbonyl (C=O) groups is 1. The highest BCUT2D eigenvalue weighted by atomic mass is 16.6. The molecule has 7 heteroatoms. The minimum Gasteiger partial charge on any atom is -0.361 e. The van der Waals surface area contributed by atoms with E-state index >= 15 is 0 Å². The van der Waals surface area contributed by atoms with Crippen LogP contribution in [-0.4, -0.2) is 40.9 Å². The smallest absolute Gasteiger partial charge is 0.287 e. The Labute approximate surface area is 98.6 Å². The van der Waals surface area contributed by atoms with Gasteiger partial charge in [-0.2, -0.15) is 0 Å². The van der Waals surface area contributed by atoms with E-state index in [1.165, 1.54) is 12.1 Å². The molecule has 0 aliphatic rings. The summed E-state index contributed by atoms with van der Waals surface area (Å²) in [5.41, 5.74) is -0.0763. The molecule has 7 nitrogen and oxygen atoms in total. The number of carbonyl (C=O) groups excluding carboxylic acids is 1. The Morgan fingerprint density at radius 3 is 2.76 bits per heavy atom. The van der Waals surface area contributed by atoms with Crippen molar-refractivity contribution in [3.63, 3.8) is 0 Å². The molecule has 0 spiro atoms. The van der Waals surface area contributed by atoms with E-state index in [1.54, 1.807) is 11.9 Å². The Morgan fingerprint density at radius 1 is 1.59 bits per heavy atom. The van der Waals surface area contributed by atoms with Crippen LogP contribution in [0.25, 0.3) is 0 Å². The predicted molar refractivity (Wildman–Crippen MR) is 62.7 cm³/mol. The molecule has 1 heterocycles. The molecule has 1 N–H and O–H groups in total. The number of rotatable bonds is 5. The van der Waals surface area contributed by atoms with E-state index in [9.17, 15) is 14.9 Å². The van der Waals surface area contributed by atoms with Crippen molar-refractivity contribution in [1.29, 1.82) is 0 Å². The average Bonchev–Trinajstić information content (AvgIpc) is 2.35. The van der Waals surface area contributed by atoms with Gasteiger partial charge in [0.25, 0.3) is 5.69 Å². The molecule has 0 aliphatic heterocycles. The van der Waals surface area contributed by atoms with Crippen LogP contribution in [0.1, 0.15) is 6.92 Å². The number of nitro groups is 1. The quantitative estimate of drug-likeness (QED) is 0.607. The van der Waals surface area contributed by atoms with E-state index in [-0.39, 0.29) is 18.1 Å². The molecule has 0 aromatic carbocycles. The monoisotopic (exact) mass is 238 g/mol. The van der Waals surface area contributed by atoms with Gasteiger partial charge in [-0.3, -0.25) is 14.9 Å². The third-order valence-electron chi connectivity index (χ3n) is 2.28. The second-order valence-corrected chi connectivity index (χ2v) is 3.42. The average molecular weight is 238 g/mol. The first-order valence-electron chi connectivity index (χ1n) is 5.13. The van der Waals surface area contributed by atoms with E-state index in [0.29, 0.717) is 12.4 Å². The Hall–Kier alpha value is -2.18. The van der Waals surface area contributed by atoms with Gasteiger partial charge < -0.3 is 10.2 Å². The van der Waals surface area contributed by atoms with Gasteiger partial charge in [-0.25, -0.2) is 4.98 Å². The van der Waals surface area contributed by atoms with Crippen LogP contribution in [0.15, 0.2) is 18.3 Å². The number of hydrogen-bond donors (Lipinski definition) is 1. The van der Waals surface area contributed by atoms with Crippen molar-refractivity contribution in [2.24, 2.45) is 0 Å². The van der Waals surface area contributed by atoms with Gasteiger partial charge in [-0.1, -0.05) is 0 Å². The molecular weight excluding hydrogens is 224 g/mol. The highest BCUT2D eigenvalue weighted by Crippen LogP contribution is 2.11. The van der Waals surface area contributed by atoms with Crippen molar-refractivity contribution in [3.8, 4) is 0 Å². The number of pyridine rings is 1. The van der Waals surface area contributed by atoms with Crippen molar-refractivity contribution >= 4 is 17.4 Å². The molecule has 0 fully saturated rings. The van der Waals surface area contributed by atoms with E-state index < -0.39 is 4.92 Å². The first-order chi connectivity index (χ1) is 8.04. The Bertz CT molecular complexity index is 405. The molecule has 92 valence electrons. The molecule has 1 rings (SSSR count). The minimum absolute atomic E-state index is 0.0624. The molecule has 1 amide bonds. The fourth-order valence-corrected chi connectivity index (χ4v) is 1.08. The largest absolute Gasteiger partial charge is 0.361 e. The van der Waals surface area contributed by atoms with Crippen LogP contribution in [-0.2, 0) is 4.79 Å². The van der Waals surface area contributed by atoms with Crippen molar-refractivity contribution in [3.05, 3.63) is 28.4 Å². The number of likely N-dealkylation sites (N-methyl/N-ethyl adjacent to an activating group) is 1. The third kappa shape index (κ3) is 3.71. The second kappa shape index (κ2) is 5.78. The minimum atomic E-state index is -0.521. The van der Waals surface area contributed by atoms with Gasteiger partial charge >= 0.3 is 0 Å². The summed E-state index contributed by atoms with van der Waals surface area (Å²) in [4.78, 5) is 26.7. The number of nitrogens with one attached hydrogen (secondary N) is 1. The van der Waals surface area contributed by atoms with Gasteiger partial charge in [0.1, 0.15) is 12.0 Å². The first-order valence-corrected chi connectivity index (χ1v) is 5.13. The maximum absolute atomic E-state index is 11.4. The number of aromatic nitrogens is 1. The SMILES string of the molecule is CCN(C)C(=O)CNc1ccc([N+](=O)[O-])cn1. The van der Waals surface area contributed by atoms with Crippen LogP contribution >= 0.6 is 0 Å². The zero-order chi connectivity index (χ0) is 12.8. The van der Waals surface area contributed by atoms with E-state index in [4.69, 9.17) is 0 Å². The maximum Gasteiger partial charge on any atom is 0.287 e. The van der Waals surface area contributed by atoms with Crippen molar-refractivity contribution in [1.82, 2.24) is 9.88 Å². The Balaban J connectivity index is 2.53. The van der Waals surface area contributed by atoms with Crippen LogP contribution in [0.5, 0.6) is 0 Å². The summed E-state index contributed by atoms with van der Waals surface area (Å²) < 4.78 is 0. The summed E-state index contributed by atoms with van der Waals surface area (Å²) in [6.07, 6.45) is 1.15. The van der Waals surface area contributed by atoms with Crippen molar-refractivity contribution in [2.75, 3.05) is 25.5 Å². The molecule has 17 heavy (non-hydrogen) atoms. The van der Waals surface area contributed by atoms with E-state index in [0.717, 1.165) is 6.20 Å². The van der Waals surface area contributed by atoms with Crippen LogP contribution in [0, 0.1) is 10.1 Å². The topological polar surface area (TPSA) is 88.4 Å². The van der Waals surface area contributed by atoms with Gasteiger partial charge in [0.2, 0.25) is 5.91 Å². The van der Waals surface area contributed by atoms with Crippen LogP contribution < -0.4 is 5.32 Å². The fraction of sp³-hybridized carbons (Fsp3) is 0.400. The second-order valence-electron chi connectivity index (χ2n) is 3.42. The van der Waals surface area contributed by atoms with Crippen LogP contribution in [0.3, 0.4) is 0 Å². The lowest BCUT2D eigenvalue weighted by Crippen LogP contribution is -2.32. The van der Waals surface area contributed by atoms with Gasteiger partial charge in [-0.15, -0.1) is 0 Å². The molecule has 0 radical (unpaired) electrons. The van der Waals surface area contributed by atoms with E-state index in [1.807, 2.05) is 6.92 Å². The summed E-state index contributed by atoms with van der Waals surface area (Å²) >= 11 is 0. The summed E-state index contributed by atoms with van der Waals surface area (Å²) in [6, 6.07) is 2.81. The van der Waals surface area contributed by atoms with Crippen LogP contribution in [0.4, 0.5) is 11.5 Å². The maximum atomic E-state index is 11.4. The molecule has 1 aromatic rings.